The Balaban J connectivity index is 1.35. The summed E-state index contributed by atoms with van der Waals surface area (Å²) in [5, 5.41) is 11.2. The Labute approximate surface area is 193 Å². The largest absolute Gasteiger partial charge is 0.493 e. The van der Waals surface area contributed by atoms with Gasteiger partial charge in [0, 0.05) is 12.3 Å². The van der Waals surface area contributed by atoms with Gasteiger partial charge in [0.25, 0.3) is 5.91 Å². The lowest BCUT2D eigenvalue weighted by atomic mass is 10.2. The SMILES string of the molecule is COc1cc(N2COc3nc(-c4ccc(Cl)cn4)sc3C2=O)ccc1OC[C@H](O)C1CC1. The highest BCUT2D eigenvalue weighted by Crippen LogP contribution is 2.39. The Morgan fingerprint density at radius 1 is 1.31 bits per heavy atom. The smallest absolute Gasteiger partial charge is 0.276 e. The average Bonchev–Trinajstić information content (AvgIpc) is 3.57. The van der Waals surface area contributed by atoms with Gasteiger partial charge in [-0.3, -0.25) is 14.7 Å². The number of amides is 1. The second-order valence-electron chi connectivity index (χ2n) is 7.57. The van der Waals surface area contributed by atoms with Crippen LogP contribution in [0.3, 0.4) is 0 Å². The quantitative estimate of drug-likeness (QED) is 0.554. The van der Waals surface area contributed by atoms with Gasteiger partial charge in [-0.05, 0) is 43.0 Å². The van der Waals surface area contributed by atoms with Crippen LogP contribution in [0.15, 0.2) is 36.5 Å². The highest BCUT2D eigenvalue weighted by molar-refractivity contribution is 7.17. The number of halogens is 1. The predicted octanol–water partition coefficient (Wildman–Crippen LogP) is 4.01. The zero-order valence-corrected chi connectivity index (χ0v) is 18.7. The summed E-state index contributed by atoms with van der Waals surface area (Å²) >= 11 is 7.12. The molecule has 1 atom stereocenters. The number of benzene rings is 1. The summed E-state index contributed by atoms with van der Waals surface area (Å²) < 4.78 is 16.9. The molecule has 1 saturated carbocycles. The summed E-state index contributed by atoms with van der Waals surface area (Å²) in [6.45, 7) is 0.227. The molecule has 2 aromatic heterocycles. The van der Waals surface area contributed by atoms with Gasteiger partial charge in [-0.2, -0.15) is 4.98 Å². The van der Waals surface area contributed by atoms with Crippen LogP contribution >= 0.6 is 22.9 Å². The van der Waals surface area contributed by atoms with E-state index in [-0.39, 0.29) is 19.2 Å². The topological polar surface area (TPSA) is 94.0 Å². The maximum Gasteiger partial charge on any atom is 0.276 e. The van der Waals surface area contributed by atoms with Crippen molar-refractivity contribution in [1.29, 1.82) is 0 Å². The molecule has 1 aliphatic carbocycles. The Kier molecular flexibility index (Phi) is 5.62. The van der Waals surface area contributed by atoms with Crippen molar-refractivity contribution in [3.63, 3.8) is 0 Å². The number of methoxy groups -OCH3 is 1. The number of carbonyl (C=O) groups excluding carboxylic acids is 1. The number of hydrogen-bond acceptors (Lipinski definition) is 8. The molecule has 2 aliphatic rings. The number of fused-ring (bicyclic) bond motifs is 1. The van der Waals surface area contributed by atoms with Gasteiger partial charge in [-0.25, -0.2) is 0 Å². The number of ether oxygens (including phenoxy) is 3. The first kappa shape index (κ1) is 21.0. The van der Waals surface area contributed by atoms with Gasteiger partial charge in [-0.15, -0.1) is 11.3 Å². The highest BCUT2D eigenvalue weighted by atomic mass is 35.5. The van der Waals surface area contributed by atoms with Crippen molar-refractivity contribution in [2.75, 3.05) is 25.3 Å². The van der Waals surface area contributed by atoms with E-state index in [0.29, 0.717) is 49.6 Å². The van der Waals surface area contributed by atoms with E-state index in [1.807, 2.05) is 0 Å². The molecule has 1 aliphatic heterocycles. The molecule has 5 rings (SSSR count). The van der Waals surface area contributed by atoms with E-state index in [2.05, 4.69) is 9.97 Å². The summed E-state index contributed by atoms with van der Waals surface area (Å²) in [5.74, 6) is 1.38. The van der Waals surface area contributed by atoms with Crippen molar-refractivity contribution in [3.05, 3.63) is 46.4 Å². The number of aliphatic hydroxyl groups excluding tert-OH is 1. The fraction of sp³-hybridized carbons (Fsp3) is 0.318. The highest BCUT2D eigenvalue weighted by Gasteiger charge is 2.32. The lowest BCUT2D eigenvalue weighted by Crippen LogP contribution is -2.38. The van der Waals surface area contributed by atoms with Gasteiger partial charge in [0.05, 0.1) is 29.6 Å². The number of anilines is 1. The standard InChI is InChI=1S/C22H20ClN3O5S/c1-29-18-8-14(5-7-17(18)30-10-16(27)12-2-3-12)26-11-31-20-19(22(26)28)32-21(25-20)15-6-4-13(23)9-24-15/h4-9,12,16,27H,2-3,10-11H2,1H3/t16-/m0/s1. The fourth-order valence-electron chi connectivity index (χ4n) is 3.39. The van der Waals surface area contributed by atoms with Gasteiger partial charge in [0.1, 0.15) is 11.6 Å². The van der Waals surface area contributed by atoms with E-state index in [4.69, 9.17) is 25.8 Å². The monoisotopic (exact) mass is 473 g/mol. The number of nitrogens with zero attached hydrogens (tertiary/aromatic N) is 3. The molecule has 10 heteroatoms. The zero-order valence-electron chi connectivity index (χ0n) is 17.2. The van der Waals surface area contributed by atoms with E-state index >= 15 is 0 Å². The van der Waals surface area contributed by atoms with Gasteiger partial charge in [-0.1, -0.05) is 11.6 Å². The van der Waals surface area contributed by atoms with Crippen LogP contribution < -0.4 is 19.1 Å². The molecular formula is C22H20ClN3O5S. The van der Waals surface area contributed by atoms with Crippen LogP contribution in [0.2, 0.25) is 5.02 Å². The lowest BCUT2D eigenvalue weighted by molar-refractivity contribution is 0.0880. The minimum absolute atomic E-state index is 0.0206. The van der Waals surface area contributed by atoms with E-state index in [1.54, 1.807) is 30.3 Å². The van der Waals surface area contributed by atoms with E-state index < -0.39 is 6.10 Å². The van der Waals surface area contributed by atoms with Gasteiger partial charge in [0.2, 0.25) is 5.88 Å². The van der Waals surface area contributed by atoms with Crippen molar-refractivity contribution in [3.8, 4) is 28.1 Å². The van der Waals surface area contributed by atoms with Gasteiger partial charge < -0.3 is 19.3 Å². The van der Waals surface area contributed by atoms with Crippen LogP contribution in [0.4, 0.5) is 5.69 Å². The molecule has 0 spiro atoms. The summed E-state index contributed by atoms with van der Waals surface area (Å²) in [6.07, 6.45) is 3.12. The Morgan fingerprint density at radius 3 is 2.88 bits per heavy atom. The number of rotatable bonds is 7. The van der Waals surface area contributed by atoms with Gasteiger partial charge >= 0.3 is 0 Å². The molecule has 3 heterocycles. The Bertz CT molecular complexity index is 1150. The number of thiazole rings is 1. The second-order valence-corrected chi connectivity index (χ2v) is 9.01. The summed E-state index contributed by atoms with van der Waals surface area (Å²) in [7, 11) is 1.53. The van der Waals surface area contributed by atoms with Crippen molar-refractivity contribution >= 4 is 34.5 Å². The van der Waals surface area contributed by atoms with E-state index in [1.165, 1.54) is 29.5 Å². The lowest BCUT2D eigenvalue weighted by Gasteiger charge is -2.26. The Morgan fingerprint density at radius 2 is 2.16 bits per heavy atom. The molecule has 1 N–H and O–H groups in total. The van der Waals surface area contributed by atoms with Crippen molar-refractivity contribution in [2.24, 2.45) is 5.92 Å². The second kappa shape index (κ2) is 8.57. The average molecular weight is 474 g/mol. The summed E-state index contributed by atoms with van der Waals surface area (Å²) in [6, 6.07) is 8.67. The van der Waals surface area contributed by atoms with Crippen LogP contribution in [0.1, 0.15) is 22.5 Å². The molecule has 8 nitrogen and oxygen atoms in total. The van der Waals surface area contributed by atoms with Crippen LogP contribution in [-0.4, -0.2) is 47.5 Å². The predicted molar refractivity (Wildman–Crippen MR) is 120 cm³/mol. The van der Waals surface area contributed by atoms with Crippen LogP contribution in [0.25, 0.3) is 10.7 Å². The Hall–Kier alpha value is -2.88. The van der Waals surface area contributed by atoms with Crippen molar-refractivity contribution in [2.45, 2.75) is 18.9 Å². The molecule has 0 bridgehead atoms. The first-order valence-corrected chi connectivity index (χ1v) is 11.3. The molecule has 0 radical (unpaired) electrons. The third kappa shape index (κ3) is 4.11. The van der Waals surface area contributed by atoms with Crippen molar-refractivity contribution in [1.82, 2.24) is 9.97 Å². The van der Waals surface area contributed by atoms with Crippen LogP contribution in [-0.2, 0) is 0 Å². The zero-order chi connectivity index (χ0) is 22.2. The normalized spacial score (nSPS) is 16.3. The van der Waals surface area contributed by atoms with E-state index in [9.17, 15) is 9.90 Å². The molecule has 0 unspecified atom stereocenters. The third-order valence-electron chi connectivity index (χ3n) is 5.35. The van der Waals surface area contributed by atoms with E-state index in [0.717, 1.165) is 12.8 Å². The van der Waals surface area contributed by atoms with Crippen molar-refractivity contribution < 1.29 is 24.1 Å². The van der Waals surface area contributed by atoms with Gasteiger partial charge in [0.15, 0.2) is 23.1 Å². The number of aliphatic hydroxyl groups is 1. The maximum atomic E-state index is 13.2. The summed E-state index contributed by atoms with van der Waals surface area (Å²) in [5.41, 5.74) is 1.22. The molecule has 32 heavy (non-hydrogen) atoms. The number of carbonyl (C=O) groups is 1. The first-order valence-electron chi connectivity index (χ1n) is 10.1. The molecule has 3 aromatic rings. The molecule has 0 saturated heterocycles. The minimum Gasteiger partial charge on any atom is -0.493 e. The molecule has 166 valence electrons. The minimum atomic E-state index is -0.481. The number of aromatic nitrogens is 2. The molecule has 1 aromatic carbocycles. The third-order valence-corrected chi connectivity index (χ3v) is 6.62. The molecule has 1 amide bonds. The van der Waals surface area contributed by atoms with Crippen LogP contribution in [0, 0.1) is 5.92 Å². The molecular weight excluding hydrogens is 454 g/mol. The van der Waals surface area contributed by atoms with Crippen LogP contribution in [0.5, 0.6) is 17.4 Å². The fourth-order valence-corrected chi connectivity index (χ4v) is 4.43. The number of pyridine rings is 1. The number of hydrogen-bond donors (Lipinski definition) is 1. The maximum absolute atomic E-state index is 13.2. The first-order chi connectivity index (χ1) is 15.5. The molecule has 1 fully saturated rings. The summed E-state index contributed by atoms with van der Waals surface area (Å²) in [4.78, 5) is 23.7.